The molecule has 0 radical (unpaired) electrons. The van der Waals surface area contributed by atoms with Crippen molar-refractivity contribution in [2.45, 2.75) is 64.0 Å². The minimum absolute atomic E-state index is 0. The molecule has 0 aromatic rings. The van der Waals surface area contributed by atoms with Gasteiger partial charge in [-0.25, -0.2) is 0 Å². The number of guanidine groups is 1. The van der Waals surface area contributed by atoms with Gasteiger partial charge < -0.3 is 20.9 Å². The van der Waals surface area contributed by atoms with E-state index in [1.165, 1.54) is 25.7 Å². The van der Waals surface area contributed by atoms with E-state index in [0.29, 0.717) is 12.6 Å². The molecule has 1 aliphatic carbocycles. The summed E-state index contributed by atoms with van der Waals surface area (Å²) in [6, 6.07) is 1.19. The first kappa shape index (κ1) is 25.4. The number of likely N-dealkylation sites (tertiary alicyclic amines) is 1. The number of halogens is 1. The molecular formula is C20H41IN6O. The number of likely N-dealkylation sites (N-methyl/N-ethyl adjacent to an activating group) is 1. The van der Waals surface area contributed by atoms with E-state index in [4.69, 9.17) is 0 Å². The van der Waals surface area contributed by atoms with Crippen LogP contribution < -0.4 is 16.0 Å². The Bertz CT molecular complexity index is 462. The van der Waals surface area contributed by atoms with Gasteiger partial charge in [0.05, 0.1) is 6.54 Å². The molecule has 0 bridgehead atoms. The van der Waals surface area contributed by atoms with Crippen molar-refractivity contribution in [2.24, 2.45) is 4.99 Å². The average molecular weight is 508 g/mol. The minimum Gasteiger partial charge on any atom is -0.355 e. The molecule has 1 saturated heterocycles. The third-order valence-electron chi connectivity index (χ3n) is 5.80. The fraction of sp³-hybridized carbons (Fsp3) is 0.900. The van der Waals surface area contributed by atoms with Crippen molar-refractivity contribution in [1.82, 2.24) is 25.8 Å². The van der Waals surface area contributed by atoms with Gasteiger partial charge in [-0.15, -0.1) is 24.0 Å². The molecule has 1 heterocycles. The van der Waals surface area contributed by atoms with Gasteiger partial charge in [-0.3, -0.25) is 14.7 Å². The summed E-state index contributed by atoms with van der Waals surface area (Å²) in [6.45, 7) is 7.25. The molecule has 0 aromatic carbocycles. The number of carbonyl (C=O) groups is 1. The molecule has 2 aliphatic rings. The molecule has 164 valence electrons. The zero-order chi connectivity index (χ0) is 19.5. The van der Waals surface area contributed by atoms with E-state index < -0.39 is 0 Å². The quantitative estimate of drug-likeness (QED) is 0.251. The van der Waals surface area contributed by atoms with Crippen LogP contribution in [0.15, 0.2) is 4.99 Å². The van der Waals surface area contributed by atoms with Crippen LogP contribution >= 0.6 is 24.0 Å². The highest BCUT2D eigenvalue weighted by molar-refractivity contribution is 14.0. The zero-order valence-electron chi connectivity index (χ0n) is 18.0. The fourth-order valence-electron chi connectivity index (χ4n) is 4.03. The molecule has 0 unspecified atom stereocenters. The number of hydrogen-bond acceptors (Lipinski definition) is 4. The number of rotatable bonds is 9. The maximum absolute atomic E-state index is 11.8. The number of carbonyl (C=O) groups excluding carboxylic acids is 1. The van der Waals surface area contributed by atoms with Gasteiger partial charge in [-0.2, -0.15) is 0 Å². The zero-order valence-corrected chi connectivity index (χ0v) is 20.3. The van der Waals surface area contributed by atoms with Gasteiger partial charge in [-0.05, 0) is 39.2 Å². The summed E-state index contributed by atoms with van der Waals surface area (Å²) in [6.07, 6.45) is 8.53. The van der Waals surface area contributed by atoms with Crippen LogP contribution in [-0.4, -0.2) is 87.1 Å². The molecule has 0 atom stereocenters. The van der Waals surface area contributed by atoms with Crippen molar-refractivity contribution < 1.29 is 4.79 Å². The summed E-state index contributed by atoms with van der Waals surface area (Å²) in [7, 11) is 4.07. The van der Waals surface area contributed by atoms with Crippen LogP contribution in [-0.2, 0) is 4.79 Å². The maximum Gasteiger partial charge on any atom is 0.234 e. The minimum atomic E-state index is 0. The molecule has 0 aromatic heterocycles. The molecule has 3 N–H and O–H groups in total. The number of hydrogen-bond donors (Lipinski definition) is 3. The smallest absolute Gasteiger partial charge is 0.234 e. The normalized spacial score (nSPS) is 19.5. The molecule has 0 spiro atoms. The van der Waals surface area contributed by atoms with Gasteiger partial charge in [0.15, 0.2) is 5.96 Å². The fourth-order valence-corrected chi connectivity index (χ4v) is 4.03. The second-order valence-corrected chi connectivity index (χ2v) is 7.96. The first-order chi connectivity index (χ1) is 13.1. The molecule has 8 heteroatoms. The van der Waals surface area contributed by atoms with Crippen molar-refractivity contribution >= 4 is 35.8 Å². The lowest BCUT2D eigenvalue weighted by molar-refractivity contribution is -0.122. The van der Waals surface area contributed by atoms with E-state index in [0.717, 1.165) is 64.0 Å². The Kier molecular flexibility index (Phi) is 13.1. The summed E-state index contributed by atoms with van der Waals surface area (Å²) in [4.78, 5) is 20.9. The monoisotopic (exact) mass is 508 g/mol. The Morgan fingerprint density at radius 1 is 1.11 bits per heavy atom. The van der Waals surface area contributed by atoms with E-state index in [-0.39, 0.29) is 29.9 Å². The Balaban J connectivity index is 0.00000392. The number of amides is 1. The predicted molar refractivity (Wildman–Crippen MR) is 128 cm³/mol. The lowest BCUT2D eigenvalue weighted by Crippen LogP contribution is -2.51. The average Bonchev–Trinajstić information content (AvgIpc) is 3.21. The molecular weight excluding hydrogens is 467 g/mol. The number of aliphatic imine (C=N–C) groups is 1. The van der Waals surface area contributed by atoms with E-state index in [1.807, 2.05) is 7.05 Å². The summed E-state index contributed by atoms with van der Waals surface area (Å²) >= 11 is 0. The van der Waals surface area contributed by atoms with Crippen molar-refractivity contribution in [3.05, 3.63) is 0 Å². The molecule has 1 aliphatic heterocycles. The van der Waals surface area contributed by atoms with Crippen LogP contribution in [0.2, 0.25) is 0 Å². The number of nitrogens with one attached hydrogen (secondary N) is 3. The number of piperidine rings is 1. The first-order valence-electron chi connectivity index (χ1n) is 10.8. The second kappa shape index (κ2) is 14.4. The van der Waals surface area contributed by atoms with Gasteiger partial charge in [0.1, 0.15) is 0 Å². The number of nitrogens with zero attached hydrogens (tertiary/aromatic N) is 3. The summed E-state index contributed by atoms with van der Waals surface area (Å²) in [5, 5.41) is 9.96. The van der Waals surface area contributed by atoms with Gasteiger partial charge in [0.25, 0.3) is 0 Å². The molecule has 2 fully saturated rings. The summed E-state index contributed by atoms with van der Waals surface area (Å²) < 4.78 is 0. The second-order valence-electron chi connectivity index (χ2n) is 7.96. The van der Waals surface area contributed by atoms with Crippen LogP contribution in [0.5, 0.6) is 0 Å². The highest BCUT2D eigenvalue weighted by Crippen LogP contribution is 2.21. The van der Waals surface area contributed by atoms with Crippen LogP contribution in [0.1, 0.15) is 51.9 Å². The first-order valence-corrected chi connectivity index (χ1v) is 10.8. The molecule has 1 amide bonds. The van der Waals surface area contributed by atoms with E-state index >= 15 is 0 Å². The lowest BCUT2D eigenvalue weighted by Gasteiger charge is -2.32. The van der Waals surface area contributed by atoms with E-state index in [2.05, 4.69) is 44.7 Å². The van der Waals surface area contributed by atoms with Gasteiger partial charge in [0, 0.05) is 51.9 Å². The third-order valence-corrected chi connectivity index (χ3v) is 5.80. The van der Waals surface area contributed by atoms with Crippen LogP contribution in [0.3, 0.4) is 0 Å². The Hall–Kier alpha value is -0.610. The lowest BCUT2D eigenvalue weighted by atomic mass is 10.1. The topological polar surface area (TPSA) is 72.0 Å². The van der Waals surface area contributed by atoms with Crippen LogP contribution in [0.25, 0.3) is 0 Å². The van der Waals surface area contributed by atoms with E-state index in [9.17, 15) is 4.79 Å². The third kappa shape index (κ3) is 9.26. The molecule has 2 rings (SSSR count). The molecule has 1 saturated carbocycles. The van der Waals surface area contributed by atoms with Crippen molar-refractivity contribution in [2.75, 3.05) is 53.4 Å². The van der Waals surface area contributed by atoms with Gasteiger partial charge in [0.2, 0.25) is 5.91 Å². The van der Waals surface area contributed by atoms with Crippen LogP contribution in [0, 0.1) is 0 Å². The largest absolute Gasteiger partial charge is 0.355 e. The van der Waals surface area contributed by atoms with Crippen molar-refractivity contribution in [3.63, 3.8) is 0 Å². The van der Waals surface area contributed by atoms with Crippen molar-refractivity contribution in [3.8, 4) is 0 Å². The summed E-state index contributed by atoms with van der Waals surface area (Å²) in [5.74, 6) is 1.04. The highest BCUT2D eigenvalue weighted by atomic mass is 127. The van der Waals surface area contributed by atoms with Gasteiger partial charge >= 0.3 is 0 Å². The Morgan fingerprint density at radius 3 is 2.39 bits per heavy atom. The SMILES string of the molecule is CCCNC(=O)CN1CCC(NC(=NC)NCCN(C)C2CCCC2)CC1.I. The van der Waals surface area contributed by atoms with E-state index in [1.54, 1.807) is 0 Å². The molecule has 7 nitrogen and oxygen atoms in total. The predicted octanol–water partition coefficient (Wildman–Crippen LogP) is 1.63. The highest BCUT2D eigenvalue weighted by Gasteiger charge is 2.22. The van der Waals surface area contributed by atoms with Crippen LogP contribution in [0.4, 0.5) is 0 Å². The standard InChI is InChI=1S/C20H40N6O.HI/c1-4-11-22-19(27)16-26-13-9-17(10-14-26)24-20(21-2)23-12-15-25(3)18-7-5-6-8-18;/h17-18H,4-16H2,1-3H3,(H,22,27)(H2,21,23,24);1H. The molecule has 28 heavy (non-hydrogen) atoms. The summed E-state index contributed by atoms with van der Waals surface area (Å²) in [5.41, 5.74) is 0. The van der Waals surface area contributed by atoms with Gasteiger partial charge in [-0.1, -0.05) is 19.8 Å². The Labute approximate surface area is 188 Å². The van der Waals surface area contributed by atoms with Crippen molar-refractivity contribution in [1.29, 1.82) is 0 Å². The Morgan fingerprint density at radius 2 is 1.79 bits per heavy atom. The maximum atomic E-state index is 11.8.